The van der Waals surface area contributed by atoms with Gasteiger partial charge in [-0.05, 0) is 53.8 Å². The van der Waals surface area contributed by atoms with Gasteiger partial charge in [0.15, 0.2) is 5.60 Å². The fourth-order valence-corrected chi connectivity index (χ4v) is 7.23. The van der Waals surface area contributed by atoms with Gasteiger partial charge in [-0.25, -0.2) is 17.0 Å². The SMILES string of the molecule is CC(O)(c1ccc(N2CCN(S(=O)(=O)c3cccs3)C[C@@H]2C(=S=O)c2ccc(F)cc2)cc1)C(F)(F)F. The third-order valence-electron chi connectivity index (χ3n) is 6.27. The lowest BCUT2D eigenvalue weighted by Gasteiger charge is -2.42. The summed E-state index contributed by atoms with van der Waals surface area (Å²) in [5.74, 6) is -0.506. The highest BCUT2D eigenvalue weighted by Gasteiger charge is 2.51. The largest absolute Gasteiger partial charge is 0.421 e. The Kier molecular flexibility index (Phi) is 7.64. The van der Waals surface area contributed by atoms with Crippen LogP contribution in [0.5, 0.6) is 0 Å². The van der Waals surface area contributed by atoms with E-state index in [4.69, 9.17) is 0 Å². The first-order chi connectivity index (χ1) is 17.4. The monoisotopic (exact) mass is 574 g/mol. The van der Waals surface area contributed by atoms with E-state index in [1.54, 1.807) is 16.3 Å². The highest BCUT2D eigenvalue weighted by Crippen LogP contribution is 2.39. The molecule has 37 heavy (non-hydrogen) atoms. The zero-order valence-corrected chi connectivity index (χ0v) is 21.8. The van der Waals surface area contributed by atoms with Gasteiger partial charge in [-0.15, -0.1) is 11.3 Å². The molecule has 0 bridgehead atoms. The molecule has 1 fully saturated rings. The number of hydrogen-bond donors (Lipinski definition) is 1. The van der Waals surface area contributed by atoms with Gasteiger partial charge in [0, 0.05) is 25.3 Å². The highest BCUT2D eigenvalue weighted by atomic mass is 32.2. The van der Waals surface area contributed by atoms with E-state index in [2.05, 4.69) is 0 Å². The van der Waals surface area contributed by atoms with Gasteiger partial charge in [-0.2, -0.15) is 17.5 Å². The molecule has 1 aromatic heterocycles. The lowest BCUT2D eigenvalue weighted by atomic mass is 9.94. The fourth-order valence-electron chi connectivity index (χ4n) is 4.10. The first-order valence-corrected chi connectivity index (χ1v) is 14.0. The van der Waals surface area contributed by atoms with Gasteiger partial charge in [0.05, 0.1) is 22.2 Å². The summed E-state index contributed by atoms with van der Waals surface area (Å²) in [6, 6.07) is 12.6. The molecule has 1 unspecified atom stereocenters. The molecule has 1 N–H and O–H groups in total. The van der Waals surface area contributed by atoms with Crippen LogP contribution in [-0.4, -0.2) is 58.8 Å². The van der Waals surface area contributed by atoms with Gasteiger partial charge < -0.3 is 10.0 Å². The second-order valence-electron chi connectivity index (χ2n) is 8.58. The van der Waals surface area contributed by atoms with E-state index in [0.717, 1.165) is 23.5 Å². The zero-order chi connectivity index (χ0) is 27.0. The second kappa shape index (κ2) is 10.3. The molecule has 198 valence electrons. The maximum absolute atomic E-state index is 13.5. The summed E-state index contributed by atoms with van der Waals surface area (Å²) in [5.41, 5.74) is -2.58. The van der Waals surface area contributed by atoms with Crippen LogP contribution in [0.4, 0.5) is 23.2 Å². The third kappa shape index (κ3) is 5.36. The molecule has 1 aliphatic rings. The van der Waals surface area contributed by atoms with Crippen molar-refractivity contribution in [3.05, 3.63) is 83.0 Å². The number of halogens is 4. The highest BCUT2D eigenvalue weighted by molar-refractivity contribution is 7.91. The van der Waals surface area contributed by atoms with Crippen LogP contribution in [0.3, 0.4) is 0 Å². The van der Waals surface area contributed by atoms with Gasteiger partial charge in [0.2, 0.25) is 0 Å². The van der Waals surface area contributed by atoms with E-state index in [-0.39, 0.29) is 45.5 Å². The van der Waals surface area contributed by atoms with Crippen LogP contribution in [0.1, 0.15) is 18.1 Å². The number of thiophene rings is 1. The Morgan fingerprint density at radius 3 is 2.24 bits per heavy atom. The second-order valence-corrected chi connectivity index (χ2v) is 12.3. The third-order valence-corrected chi connectivity index (χ3v) is 10.2. The Morgan fingerprint density at radius 1 is 1.05 bits per heavy atom. The number of piperazine rings is 1. The van der Waals surface area contributed by atoms with E-state index in [1.807, 2.05) is 0 Å². The molecule has 2 atom stereocenters. The number of rotatable bonds is 6. The molecule has 1 saturated heterocycles. The Morgan fingerprint density at radius 2 is 1.70 bits per heavy atom. The summed E-state index contributed by atoms with van der Waals surface area (Å²) in [4.78, 5) is 1.97. The predicted octanol–water partition coefficient (Wildman–Crippen LogP) is 3.97. The normalized spacial score (nSPS) is 18.9. The lowest BCUT2D eigenvalue weighted by Crippen LogP contribution is -2.58. The Bertz CT molecular complexity index is 1400. The average Bonchev–Trinajstić information content (AvgIpc) is 3.41. The fraction of sp³-hybridized carbons (Fsp3) is 0.292. The van der Waals surface area contributed by atoms with Crippen LogP contribution in [0.2, 0.25) is 0 Å². The topological polar surface area (TPSA) is 77.9 Å². The maximum atomic E-state index is 13.5. The van der Waals surface area contributed by atoms with E-state index < -0.39 is 33.7 Å². The number of benzene rings is 2. The quantitative estimate of drug-likeness (QED) is 0.274. The Labute approximate surface area is 218 Å². The summed E-state index contributed by atoms with van der Waals surface area (Å²) in [6.45, 7) is 0.756. The molecule has 2 aromatic carbocycles. The number of sulfonamides is 1. The van der Waals surface area contributed by atoms with Crippen molar-refractivity contribution in [2.24, 2.45) is 0 Å². The first-order valence-electron chi connectivity index (χ1n) is 11.0. The standard InChI is InChI=1S/C24H22F4N2O4S3/c1-23(31,24(26,27)28)17-6-10-19(11-7-17)30-13-12-29(37(33,34)21-3-2-14-35-21)15-20(30)22(36-32)16-4-8-18(25)9-5-16/h2-11,14,20,31H,12-13,15H2,1H3/t20-,23?/m1/s1. The van der Waals surface area contributed by atoms with E-state index in [0.29, 0.717) is 18.2 Å². The number of anilines is 1. The molecule has 0 saturated carbocycles. The molecule has 0 radical (unpaired) electrons. The van der Waals surface area contributed by atoms with Crippen LogP contribution < -0.4 is 4.90 Å². The van der Waals surface area contributed by atoms with E-state index in [9.17, 15) is 35.3 Å². The van der Waals surface area contributed by atoms with Gasteiger partial charge in [0.1, 0.15) is 10.0 Å². The molecular weight excluding hydrogens is 552 g/mol. The smallest absolute Gasteiger partial charge is 0.376 e. The van der Waals surface area contributed by atoms with Crippen molar-refractivity contribution in [2.45, 2.75) is 29.0 Å². The summed E-state index contributed by atoms with van der Waals surface area (Å²) in [7, 11) is -3.85. The molecular formula is C24H22F4N2O4S3. The van der Waals surface area contributed by atoms with Crippen molar-refractivity contribution in [1.82, 2.24) is 4.31 Å². The van der Waals surface area contributed by atoms with Gasteiger partial charge in [0.25, 0.3) is 10.0 Å². The molecule has 3 aromatic rings. The summed E-state index contributed by atoms with van der Waals surface area (Å²) in [5, 5.41) is 11.6. The van der Waals surface area contributed by atoms with Gasteiger partial charge in [-0.3, -0.25) is 0 Å². The number of nitrogens with zero attached hydrogens (tertiary/aromatic N) is 2. The summed E-state index contributed by atoms with van der Waals surface area (Å²) >= 11 is 1.22. The number of alkyl halides is 3. The number of hydrogen-bond acceptors (Lipinski definition) is 6. The Balaban J connectivity index is 1.73. The van der Waals surface area contributed by atoms with E-state index in [1.165, 1.54) is 46.8 Å². The van der Waals surface area contributed by atoms with Crippen LogP contribution in [0.15, 0.2) is 70.3 Å². The molecule has 0 aliphatic carbocycles. The zero-order valence-electron chi connectivity index (χ0n) is 19.4. The van der Waals surface area contributed by atoms with Crippen molar-refractivity contribution in [3.8, 4) is 0 Å². The minimum absolute atomic E-state index is 0.0684. The maximum Gasteiger partial charge on any atom is 0.421 e. The van der Waals surface area contributed by atoms with Crippen molar-refractivity contribution >= 4 is 43.2 Å². The van der Waals surface area contributed by atoms with Crippen molar-refractivity contribution in [1.29, 1.82) is 0 Å². The molecule has 4 rings (SSSR count). The summed E-state index contributed by atoms with van der Waals surface area (Å²) < 4.78 is 93.6. The molecule has 1 aliphatic heterocycles. The van der Waals surface area contributed by atoms with Crippen molar-refractivity contribution in [2.75, 3.05) is 24.5 Å². The van der Waals surface area contributed by atoms with Gasteiger partial charge >= 0.3 is 6.18 Å². The minimum Gasteiger partial charge on any atom is -0.376 e. The van der Waals surface area contributed by atoms with Crippen LogP contribution in [0.25, 0.3) is 0 Å². The van der Waals surface area contributed by atoms with Crippen LogP contribution in [0, 0.1) is 5.82 Å². The molecule has 6 nitrogen and oxygen atoms in total. The molecule has 0 amide bonds. The molecule has 2 heterocycles. The van der Waals surface area contributed by atoms with Crippen molar-refractivity contribution in [3.63, 3.8) is 0 Å². The predicted molar refractivity (Wildman–Crippen MR) is 135 cm³/mol. The average molecular weight is 575 g/mol. The number of aliphatic hydroxyl groups is 1. The first kappa shape index (κ1) is 27.5. The minimum atomic E-state index is -4.89. The van der Waals surface area contributed by atoms with Crippen LogP contribution >= 0.6 is 11.3 Å². The van der Waals surface area contributed by atoms with E-state index >= 15 is 0 Å². The summed E-state index contributed by atoms with van der Waals surface area (Å²) in [6.07, 6.45) is -4.89. The molecule has 0 spiro atoms. The van der Waals surface area contributed by atoms with Gasteiger partial charge in [-0.1, -0.05) is 30.3 Å². The lowest BCUT2D eigenvalue weighted by molar-refractivity contribution is -0.258. The molecule has 13 heteroatoms. The Hall–Kier alpha value is -2.58. The van der Waals surface area contributed by atoms with Crippen LogP contribution in [-0.2, 0) is 26.9 Å². The van der Waals surface area contributed by atoms with Crippen molar-refractivity contribution < 1.29 is 35.3 Å².